The van der Waals surface area contributed by atoms with E-state index >= 15 is 0 Å². The van der Waals surface area contributed by atoms with Crippen LogP contribution in [-0.4, -0.2) is 24.3 Å². The van der Waals surface area contributed by atoms with Crippen LogP contribution in [0.1, 0.15) is 31.2 Å². The highest BCUT2D eigenvalue weighted by Gasteiger charge is 2.59. The van der Waals surface area contributed by atoms with E-state index in [1.807, 2.05) is 30.3 Å². The maximum absolute atomic E-state index is 11.7. The fourth-order valence-electron chi connectivity index (χ4n) is 3.62. The lowest BCUT2D eigenvalue weighted by molar-refractivity contribution is -0.160. The molecule has 1 saturated heterocycles. The molecule has 1 aromatic rings. The highest BCUT2D eigenvalue weighted by Crippen LogP contribution is 2.60. The number of carboxylic acids is 1. The van der Waals surface area contributed by atoms with Crippen molar-refractivity contribution in [3.8, 4) is 0 Å². The molecule has 1 spiro atoms. The summed E-state index contributed by atoms with van der Waals surface area (Å²) in [5, 5.41) is 9.62. The second-order valence-corrected chi connectivity index (χ2v) is 5.72. The van der Waals surface area contributed by atoms with Crippen LogP contribution in [0.3, 0.4) is 0 Å². The van der Waals surface area contributed by atoms with E-state index in [0.29, 0.717) is 0 Å². The SMILES string of the molecule is O=C(O)C1(c2ccccc2)CC2(CCOCC2)C1. The lowest BCUT2D eigenvalue weighted by Gasteiger charge is -2.56. The fraction of sp³-hybridized carbons (Fsp3) is 0.533. The molecule has 1 aliphatic heterocycles. The Balaban J connectivity index is 1.87. The molecule has 3 nitrogen and oxygen atoms in total. The first-order valence-electron chi connectivity index (χ1n) is 6.54. The van der Waals surface area contributed by atoms with Crippen molar-refractivity contribution in [1.29, 1.82) is 0 Å². The van der Waals surface area contributed by atoms with Gasteiger partial charge in [0.1, 0.15) is 0 Å². The third kappa shape index (κ3) is 1.65. The number of ether oxygens (including phenoxy) is 1. The van der Waals surface area contributed by atoms with Crippen molar-refractivity contribution >= 4 is 5.97 Å². The maximum Gasteiger partial charge on any atom is 0.314 e. The van der Waals surface area contributed by atoms with E-state index in [4.69, 9.17) is 4.74 Å². The summed E-state index contributed by atoms with van der Waals surface area (Å²) in [7, 11) is 0. The monoisotopic (exact) mass is 246 g/mol. The molecule has 96 valence electrons. The minimum Gasteiger partial charge on any atom is -0.481 e. The molecule has 1 aromatic carbocycles. The topological polar surface area (TPSA) is 46.5 Å². The largest absolute Gasteiger partial charge is 0.481 e. The lowest BCUT2D eigenvalue weighted by atomic mass is 9.48. The van der Waals surface area contributed by atoms with E-state index in [1.165, 1.54) is 0 Å². The molecule has 1 N–H and O–H groups in total. The molecular weight excluding hydrogens is 228 g/mol. The first-order valence-corrected chi connectivity index (χ1v) is 6.54. The van der Waals surface area contributed by atoms with Gasteiger partial charge in [0.2, 0.25) is 0 Å². The van der Waals surface area contributed by atoms with Crippen LogP contribution in [0.4, 0.5) is 0 Å². The second kappa shape index (κ2) is 4.09. The summed E-state index contributed by atoms with van der Waals surface area (Å²) in [4.78, 5) is 11.7. The average molecular weight is 246 g/mol. The Morgan fingerprint density at radius 1 is 1.11 bits per heavy atom. The molecule has 0 unspecified atom stereocenters. The number of rotatable bonds is 2. The fourth-order valence-corrected chi connectivity index (χ4v) is 3.62. The number of carbonyl (C=O) groups is 1. The van der Waals surface area contributed by atoms with Gasteiger partial charge in [-0.2, -0.15) is 0 Å². The van der Waals surface area contributed by atoms with Crippen LogP contribution in [0.5, 0.6) is 0 Å². The normalized spacial score (nSPS) is 24.4. The van der Waals surface area contributed by atoms with Crippen molar-refractivity contribution in [2.24, 2.45) is 5.41 Å². The first-order chi connectivity index (χ1) is 8.67. The molecule has 1 saturated carbocycles. The van der Waals surface area contributed by atoms with Crippen LogP contribution in [-0.2, 0) is 14.9 Å². The Morgan fingerprint density at radius 3 is 2.28 bits per heavy atom. The molecule has 0 aromatic heterocycles. The van der Waals surface area contributed by atoms with Crippen molar-refractivity contribution < 1.29 is 14.6 Å². The molecule has 1 heterocycles. The molecule has 1 aliphatic carbocycles. The van der Waals surface area contributed by atoms with E-state index in [1.54, 1.807) is 0 Å². The summed E-state index contributed by atoms with van der Waals surface area (Å²) < 4.78 is 5.39. The van der Waals surface area contributed by atoms with Gasteiger partial charge in [0.15, 0.2) is 0 Å². The first kappa shape index (κ1) is 11.7. The van der Waals surface area contributed by atoms with Crippen molar-refractivity contribution in [2.75, 3.05) is 13.2 Å². The predicted octanol–water partition coefficient (Wildman–Crippen LogP) is 2.60. The predicted molar refractivity (Wildman–Crippen MR) is 67.5 cm³/mol. The highest BCUT2D eigenvalue weighted by molar-refractivity contribution is 5.83. The van der Waals surface area contributed by atoms with Crippen LogP contribution >= 0.6 is 0 Å². The van der Waals surface area contributed by atoms with E-state index in [-0.39, 0.29) is 5.41 Å². The van der Waals surface area contributed by atoms with Crippen LogP contribution < -0.4 is 0 Å². The third-order valence-corrected chi connectivity index (χ3v) is 4.64. The smallest absolute Gasteiger partial charge is 0.314 e. The molecular formula is C15H18O3. The number of hydrogen-bond donors (Lipinski definition) is 1. The summed E-state index contributed by atoms with van der Waals surface area (Å²) in [5.41, 5.74) is 0.514. The Bertz CT molecular complexity index is 438. The molecule has 2 aliphatic rings. The lowest BCUT2D eigenvalue weighted by Crippen LogP contribution is -2.56. The third-order valence-electron chi connectivity index (χ3n) is 4.64. The van der Waals surface area contributed by atoms with Crippen LogP contribution in [0.25, 0.3) is 0 Å². The number of benzene rings is 1. The van der Waals surface area contributed by atoms with Crippen LogP contribution in [0.2, 0.25) is 0 Å². The average Bonchev–Trinajstić information content (AvgIpc) is 2.37. The summed E-state index contributed by atoms with van der Waals surface area (Å²) >= 11 is 0. The zero-order chi connectivity index (χ0) is 12.6. The Kier molecular flexibility index (Phi) is 2.67. The summed E-state index contributed by atoms with van der Waals surface area (Å²) in [6.07, 6.45) is 3.55. The van der Waals surface area contributed by atoms with Gasteiger partial charge in [-0.15, -0.1) is 0 Å². The van der Waals surface area contributed by atoms with Gasteiger partial charge in [0, 0.05) is 13.2 Å². The quantitative estimate of drug-likeness (QED) is 0.872. The summed E-state index contributed by atoms with van der Waals surface area (Å²) in [5.74, 6) is -0.675. The van der Waals surface area contributed by atoms with Crippen molar-refractivity contribution in [2.45, 2.75) is 31.1 Å². The van der Waals surface area contributed by atoms with E-state index in [0.717, 1.165) is 44.5 Å². The number of aliphatic carboxylic acids is 1. The molecule has 0 atom stereocenters. The van der Waals surface area contributed by atoms with Gasteiger partial charge in [0.25, 0.3) is 0 Å². The zero-order valence-corrected chi connectivity index (χ0v) is 10.4. The number of carboxylic acid groups (broad SMARTS) is 1. The molecule has 0 bridgehead atoms. The Labute approximate surface area is 107 Å². The molecule has 2 fully saturated rings. The minimum absolute atomic E-state index is 0.215. The molecule has 0 amide bonds. The van der Waals surface area contributed by atoms with Crippen molar-refractivity contribution in [3.63, 3.8) is 0 Å². The summed E-state index contributed by atoms with van der Waals surface area (Å²) in [6, 6.07) is 9.67. The van der Waals surface area contributed by atoms with Crippen molar-refractivity contribution in [3.05, 3.63) is 35.9 Å². The van der Waals surface area contributed by atoms with Gasteiger partial charge < -0.3 is 9.84 Å². The van der Waals surface area contributed by atoms with Crippen LogP contribution in [0.15, 0.2) is 30.3 Å². The molecule has 0 radical (unpaired) electrons. The second-order valence-electron chi connectivity index (χ2n) is 5.72. The molecule has 3 rings (SSSR count). The van der Waals surface area contributed by atoms with Gasteiger partial charge in [-0.3, -0.25) is 4.79 Å². The van der Waals surface area contributed by atoms with E-state index in [2.05, 4.69) is 0 Å². The zero-order valence-electron chi connectivity index (χ0n) is 10.4. The van der Waals surface area contributed by atoms with Gasteiger partial charge >= 0.3 is 5.97 Å². The maximum atomic E-state index is 11.7. The minimum atomic E-state index is -0.675. The van der Waals surface area contributed by atoms with Gasteiger partial charge in [-0.05, 0) is 36.7 Å². The van der Waals surface area contributed by atoms with E-state index < -0.39 is 11.4 Å². The van der Waals surface area contributed by atoms with Gasteiger partial charge in [-0.25, -0.2) is 0 Å². The Hall–Kier alpha value is -1.35. The van der Waals surface area contributed by atoms with Gasteiger partial charge in [0.05, 0.1) is 5.41 Å². The molecule has 18 heavy (non-hydrogen) atoms. The Morgan fingerprint density at radius 2 is 1.72 bits per heavy atom. The summed E-state index contributed by atoms with van der Waals surface area (Å²) in [6.45, 7) is 1.56. The highest BCUT2D eigenvalue weighted by atomic mass is 16.5. The van der Waals surface area contributed by atoms with E-state index in [9.17, 15) is 9.90 Å². The standard InChI is InChI=1S/C15H18O3/c16-13(17)15(12-4-2-1-3-5-12)10-14(11-15)6-8-18-9-7-14/h1-5H,6-11H2,(H,16,17). The number of hydrogen-bond acceptors (Lipinski definition) is 2. The van der Waals surface area contributed by atoms with Crippen LogP contribution in [0, 0.1) is 5.41 Å². The van der Waals surface area contributed by atoms with Gasteiger partial charge in [-0.1, -0.05) is 30.3 Å². The van der Waals surface area contributed by atoms with Crippen molar-refractivity contribution in [1.82, 2.24) is 0 Å². The molecule has 3 heteroatoms.